The molecule has 1 fully saturated rings. The topological polar surface area (TPSA) is 70.9 Å². The molecule has 1 saturated heterocycles. The highest BCUT2D eigenvalue weighted by Gasteiger charge is 2.23. The number of pyridine rings is 1. The number of ether oxygens (including phenoxy) is 1. The number of rotatable bonds is 6. The minimum atomic E-state index is -0.280. The molecular formula is C22H26FN5O2. The Hall–Kier alpha value is -2.97. The van der Waals surface area contributed by atoms with Crippen molar-refractivity contribution in [2.45, 2.75) is 19.5 Å². The Morgan fingerprint density at radius 3 is 2.77 bits per heavy atom. The van der Waals surface area contributed by atoms with E-state index in [-0.39, 0.29) is 17.9 Å². The van der Waals surface area contributed by atoms with Gasteiger partial charge in [-0.2, -0.15) is 0 Å². The standard InChI is InChI=1S/C22H26FN5O2/c1-16-4-2-7-21-26-19(15-28(16)21)13-24-22(29)25-14-20(27-8-10-30-11-9-27)17-5-3-6-18(23)12-17/h2-7,12,15,20H,8-11,13-14H2,1H3,(H2,24,25,29). The third-order valence-corrected chi connectivity index (χ3v) is 5.35. The van der Waals surface area contributed by atoms with E-state index in [2.05, 4.69) is 20.5 Å². The first-order valence-electron chi connectivity index (χ1n) is 10.1. The molecule has 1 unspecified atom stereocenters. The van der Waals surface area contributed by atoms with Gasteiger partial charge in [-0.05, 0) is 36.8 Å². The Bertz CT molecular complexity index is 1020. The zero-order valence-corrected chi connectivity index (χ0v) is 17.0. The number of fused-ring (bicyclic) bond motifs is 1. The maximum Gasteiger partial charge on any atom is 0.315 e. The normalized spacial score (nSPS) is 15.8. The number of benzene rings is 1. The lowest BCUT2D eigenvalue weighted by Gasteiger charge is -2.34. The first-order chi connectivity index (χ1) is 14.6. The summed E-state index contributed by atoms with van der Waals surface area (Å²) in [5.74, 6) is -0.280. The summed E-state index contributed by atoms with van der Waals surface area (Å²) in [6.07, 6.45) is 1.92. The van der Waals surface area contributed by atoms with Gasteiger partial charge in [0.1, 0.15) is 11.5 Å². The number of imidazole rings is 1. The monoisotopic (exact) mass is 411 g/mol. The zero-order valence-electron chi connectivity index (χ0n) is 17.0. The fraction of sp³-hybridized carbons (Fsp3) is 0.364. The van der Waals surface area contributed by atoms with Crippen molar-refractivity contribution in [3.8, 4) is 0 Å². The number of urea groups is 1. The summed E-state index contributed by atoms with van der Waals surface area (Å²) in [6, 6.07) is 12.0. The number of nitrogens with one attached hydrogen (secondary N) is 2. The van der Waals surface area contributed by atoms with Gasteiger partial charge in [0.15, 0.2) is 0 Å². The van der Waals surface area contributed by atoms with Gasteiger partial charge in [0.2, 0.25) is 0 Å². The number of amides is 2. The molecule has 30 heavy (non-hydrogen) atoms. The van der Waals surface area contributed by atoms with E-state index >= 15 is 0 Å². The van der Waals surface area contributed by atoms with Crippen LogP contribution in [0.5, 0.6) is 0 Å². The van der Waals surface area contributed by atoms with Crippen molar-refractivity contribution < 1.29 is 13.9 Å². The largest absolute Gasteiger partial charge is 0.379 e. The Morgan fingerprint density at radius 1 is 1.20 bits per heavy atom. The Kier molecular flexibility index (Phi) is 6.25. The van der Waals surface area contributed by atoms with E-state index in [9.17, 15) is 9.18 Å². The summed E-state index contributed by atoms with van der Waals surface area (Å²) in [7, 11) is 0. The van der Waals surface area contributed by atoms with Crippen molar-refractivity contribution in [2.24, 2.45) is 0 Å². The first-order valence-corrected chi connectivity index (χ1v) is 10.1. The number of carbonyl (C=O) groups excluding carboxylic acids is 1. The molecule has 7 nitrogen and oxygen atoms in total. The molecule has 3 heterocycles. The zero-order chi connectivity index (χ0) is 20.9. The van der Waals surface area contributed by atoms with Crippen LogP contribution >= 0.6 is 0 Å². The summed E-state index contributed by atoms with van der Waals surface area (Å²) in [5.41, 5.74) is 3.56. The van der Waals surface area contributed by atoms with Gasteiger partial charge in [-0.3, -0.25) is 4.90 Å². The van der Waals surface area contributed by atoms with Gasteiger partial charge in [-0.25, -0.2) is 14.2 Å². The second-order valence-corrected chi connectivity index (χ2v) is 7.41. The SMILES string of the molecule is Cc1cccc2nc(CNC(=O)NCC(c3cccc(F)c3)N3CCOCC3)cn12. The smallest absolute Gasteiger partial charge is 0.315 e. The quantitative estimate of drug-likeness (QED) is 0.654. The Balaban J connectivity index is 1.37. The molecule has 2 N–H and O–H groups in total. The number of morpholine rings is 1. The molecule has 158 valence electrons. The van der Waals surface area contributed by atoms with Gasteiger partial charge in [-0.15, -0.1) is 0 Å². The summed E-state index contributed by atoms with van der Waals surface area (Å²) in [6.45, 7) is 5.46. The van der Waals surface area contributed by atoms with Gasteiger partial charge in [0.05, 0.1) is 31.5 Å². The molecule has 1 aliphatic heterocycles. The number of carbonyl (C=O) groups is 1. The molecule has 3 aromatic rings. The van der Waals surface area contributed by atoms with Crippen LogP contribution in [0, 0.1) is 12.7 Å². The third kappa shape index (κ3) is 4.77. The lowest BCUT2D eigenvalue weighted by molar-refractivity contribution is 0.0166. The highest BCUT2D eigenvalue weighted by molar-refractivity contribution is 5.73. The third-order valence-electron chi connectivity index (χ3n) is 5.35. The lowest BCUT2D eigenvalue weighted by atomic mass is 10.0. The fourth-order valence-electron chi connectivity index (χ4n) is 3.77. The van der Waals surface area contributed by atoms with Crippen molar-refractivity contribution in [3.05, 3.63) is 71.4 Å². The highest BCUT2D eigenvalue weighted by atomic mass is 19.1. The van der Waals surface area contributed by atoms with Crippen molar-refractivity contribution >= 4 is 11.7 Å². The van der Waals surface area contributed by atoms with Crippen LogP contribution in [0.1, 0.15) is 23.0 Å². The van der Waals surface area contributed by atoms with Crippen LogP contribution in [0.3, 0.4) is 0 Å². The number of halogens is 1. The van der Waals surface area contributed by atoms with Crippen LogP contribution in [0.4, 0.5) is 9.18 Å². The van der Waals surface area contributed by atoms with Crippen LogP contribution in [0.15, 0.2) is 48.7 Å². The maximum absolute atomic E-state index is 13.8. The van der Waals surface area contributed by atoms with E-state index in [4.69, 9.17) is 4.74 Å². The molecule has 4 rings (SSSR count). The number of hydrogen-bond donors (Lipinski definition) is 2. The van der Waals surface area contributed by atoms with Crippen LogP contribution in [-0.2, 0) is 11.3 Å². The molecule has 0 saturated carbocycles. The van der Waals surface area contributed by atoms with E-state index in [1.54, 1.807) is 6.07 Å². The number of hydrogen-bond acceptors (Lipinski definition) is 4. The molecule has 0 bridgehead atoms. The minimum Gasteiger partial charge on any atom is -0.379 e. The molecule has 0 radical (unpaired) electrons. The fourth-order valence-corrected chi connectivity index (χ4v) is 3.77. The van der Waals surface area contributed by atoms with Gasteiger partial charge in [-0.1, -0.05) is 18.2 Å². The van der Waals surface area contributed by atoms with Crippen molar-refractivity contribution in [1.82, 2.24) is 24.9 Å². The van der Waals surface area contributed by atoms with Crippen LogP contribution in [-0.4, -0.2) is 53.2 Å². The van der Waals surface area contributed by atoms with Gasteiger partial charge in [0, 0.05) is 31.5 Å². The highest BCUT2D eigenvalue weighted by Crippen LogP contribution is 2.22. The number of nitrogens with zero attached hydrogens (tertiary/aromatic N) is 3. The van der Waals surface area contributed by atoms with Crippen LogP contribution in [0.2, 0.25) is 0 Å². The first kappa shape index (κ1) is 20.3. The van der Waals surface area contributed by atoms with E-state index in [0.717, 1.165) is 35.7 Å². The summed E-state index contributed by atoms with van der Waals surface area (Å²) < 4.78 is 21.2. The van der Waals surface area contributed by atoms with E-state index in [1.165, 1.54) is 12.1 Å². The number of aromatic nitrogens is 2. The lowest BCUT2D eigenvalue weighted by Crippen LogP contribution is -2.45. The summed E-state index contributed by atoms with van der Waals surface area (Å²) in [5, 5.41) is 5.78. The van der Waals surface area contributed by atoms with E-state index < -0.39 is 0 Å². The van der Waals surface area contributed by atoms with E-state index in [0.29, 0.717) is 26.3 Å². The van der Waals surface area contributed by atoms with Gasteiger partial charge < -0.3 is 19.8 Å². The average molecular weight is 411 g/mol. The van der Waals surface area contributed by atoms with Crippen molar-refractivity contribution in [3.63, 3.8) is 0 Å². The predicted octanol–water partition coefficient (Wildman–Crippen LogP) is 2.65. The molecule has 1 aromatic carbocycles. The summed E-state index contributed by atoms with van der Waals surface area (Å²) >= 11 is 0. The number of aryl methyl sites for hydroxylation is 1. The molecule has 0 aliphatic carbocycles. The molecular weight excluding hydrogens is 385 g/mol. The molecule has 1 aliphatic rings. The van der Waals surface area contributed by atoms with Crippen LogP contribution < -0.4 is 10.6 Å². The van der Waals surface area contributed by atoms with Crippen molar-refractivity contribution in [2.75, 3.05) is 32.8 Å². The molecule has 2 amide bonds. The maximum atomic E-state index is 13.8. The molecule has 2 aromatic heterocycles. The second kappa shape index (κ2) is 9.23. The minimum absolute atomic E-state index is 0.117. The molecule has 0 spiro atoms. The average Bonchev–Trinajstić information content (AvgIpc) is 3.18. The second-order valence-electron chi connectivity index (χ2n) is 7.41. The Labute approximate surface area is 174 Å². The summed E-state index contributed by atoms with van der Waals surface area (Å²) in [4.78, 5) is 19.1. The molecule has 1 atom stereocenters. The Morgan fingerprint density at radius 2 is 2.00 bits per heavy atom. The predicted molar refractivity (Wildman–Crippen MR) is 112 cm³/mol. The molecule has 8 heteroatoms. The van der Waals surface area contributed by atoms with E-state index in [1.807, 2.05) is 41.8 Å². The van der Waals surface area contributed by atoms with Gasteiger partial charge >= 0.3 is 6.03 Å². The van der Waals surface area contributed by atoms with Crippen LogP contribution in [0.25, 0.3) is 5.65 Å². The van der Waals surface area contributed by atoms with Gasteiger partial charge in [0.25, 0.3) is 0 Å². The van der Waals surface area contributed by atoms with Crippen molar-refractivity contribution in [1.29, 1.82) is 0 Å².